The molecular formula is C22H23BrN2O4. The Morgan fingerprint density at radius 2 is 1.97 bits per heavy atom. The first-order chi connectivity index (χ1) is 14.0. The van der Waals surface area contributed by atoms with Gasteiger partial charge in [0.25, 0.3) is 5.91 Å². The molecular weight excluding hydrogens is 436 g/mol. The molecule has 6 nitrogen and oxygen atoms in total. The molecule has 0 aliphatic carbocycles. The van der Waals surface area contributed by atoms with E-state index in [0.717, 1.165) is 22.0 Å². The number of nitrogens with one attached hydrogen (secondary N) is 1. The highest BCUT2D eigenvalue weighted by Crippen LogP contribution is 2.23. The van der Waals surface area contributed by atoms with Crippen molar-refractivity contribution in [3.63, 3.8) is 0 Å². The first kappa shape index (κ1) is 21.0. The zero-order valence-corrected chi connectivity index (χ0v) is 17.8. The van der Waals surface area contributed by atoms with Gasteiger partial charge in [0.15, 0.2) is 6.61 Å². The molecule has 2 amide bonds. The Morgan fingerprint density at radius 3 is 2.69 bits per heavy atom. The highest BCUT2D eigenvalue weighted by Gasteiger charge is 2.35. The van der Waals surface area contributed by atoms with Gasteiger partial charge in [0.2, 0.25) is 5.91 Å². The molecule has 1 aliphatic heterocycles. The van der Waals surface area contributed by atoms with Crippen LogP contribution in [0.3, 0.4) is 0 Å². The minimum atomic E-state index is -0.544. The number of carbonyl (C=O) groups is 3. The van der Waals surface area contributed by atoms with Crippen molar-refractivity contribution in [1.82, 2.24) is 4.90 Å². The standard InChI is InChI=1S/C22H23BrN2O4/c1-2-16-10-18(23)8-9-19(16)24-20(26)14-29-22(28)17-11-21(27)25(13-17)12-15-6-4-3-5-7-15/h3-10,17H,2,11-14H2,1H3,(H,24,26)/t17-/m1/s1. The van der Waals surface area contributed by atoms with Crippen molar-refractivity contribution in [3.8, 4) is 0 Å². The van der Waals surface area contributed by atoms with Crippen LogP contribution in [0.2, 0.25) is 0 Å². The number of amides is 2. The number of nitrogens with zero attached hydrogens (tertiary/aromatic N) is 1. The fraction of sp³-hybridized carbons (Fsp3) is 0.318. The summed E-state index contributed by atoms with van der Waals surface area (Å²) in [6, 6.07) is 15.2. The second-order valence-corrected chi connectivity index (χ2v) is 7.89. The van der Waals surface area contributed by atoms with E-state index in [2.05, 4.69) is 21.2 Å². The van der Waals surface area contributed by atoms with Gasteiger partial charge in [0.1, 0.15) is 0 Å². The normalized spacial score (nSPS) is 16.0. The van der Waals surface area contributed by atoms with Gasteiger partial charge in [-0.1, -0.05) is 53.2 Å². The molecule has 152 valence electrons. The summed E-state index contributed by atoms with van der Waals surface area (Å²) < 4.78 is 6.10. The van der Waals surface area contributed by atoms with E-state index in [-0.39, 0.29) is 18.9 Å². The first-order valence-electron chi connectivity index (χ1n) is 9.53. The maximum Gasteiger partial charge on any atom is 0.311 e. The zero-order valence-electron chi connectivity index (χ0n) is 16.2. The van der Waals surface area contributed by atoms with Gasteiger partial charge in [0.05, 0.1) is 5.92 Å². The van der Waals surface area contributed by atoms with Crippen molar-refractivity contribution >= 4 is 39.4 Å². The van der Waals surface area contributed by atoms with E-state index in [0.29, 0.717) is 18.8 Å². The van der Waals surface area contributed by atoms with Gasteiger partial charge in [0, 0.05) is 29.7 Å². The first-order valence-corrected chi connectivity index (χ1v) is 10.3. The predicted octanol–water partition coefficient (Wildman–Crippen LogP) is 3.54. The van der Waals surface area contributed by atoms with E-state index in [1.54, 1.807) is 11.0 Å². The maximum atomic E-state index is 12.3. The van der Waals surface area contributed by atoms with Gasteiger partial charge < -0.3 is 15.0 Å². The number of halogens is 1. The van der Waals surface area contributed by atoms with Crippen molar-refractivity contribution in [2.45, 2.75) is 26.3 Å². The molecule has 0 radical (unpaired) electrons. The Labute approximate surface area is 178 Å². The molecule has 2 aromatic carbocycles. The van der Waals surface area contributed by atoms with Crippen LogP contribution >= 0.6 is 15.9 Å². The number of benzene rings is 2. The lowest BCUT2D eigenvalue weighted by atomic mass is 10.1. The molecule has 1 saturated heterocycles. The number of rotatable bonds is 7. The molecule has 0 saturated carbocycles. The van der Waals surface area contributed by atoms with Crippen LogP contribution in [0.15, 0.2) is 53.0 Å². The van der Waals surface area contributed by atoms with Crippen LogP contribution in [-0.4, -0.2) is 35.8 Å². The Hall–Kier alpha value is -2.67. The second kappa shape index (κ2) is 9.69. The monoisotopic (exact) mass is 458 g/mol. The summed E-state index contributed by atoms with van der Waals surface area (Å²) in [5, 5.41) is 2.77. The van der Waals surface area contributed by atoms with E-state index in [9.17, 15) is 14.4 Å². The fourth-order valence-electron chi connectivity index (χ4n) is 3.30. The number of carbonyl (C=O) groups excluding carboxylic acids is 3. The summed E-state index contributed by atoms with van der Waals surface area (Å²) in [5.41, 5.74) is 2.69. The highest BCUT2D eigenvalue weighted by molar-refractivity contribution is 9.10. The third-order valence-electron chi connectivity index (χ3n) is 4.83. The molecule has 1 fully saturated rings. The number of likely N-dealkylation sites (tertiary alicyclic amines) is 1. The largest absolute Gasteiger partial charge is 0.455 e. The third kappa shape index (κ3) is 5.67. The Morgan fingerprint density at radius 1 is 1.21 bits per heavy atom. The Bertz CT molecular complexity index is 901. The third-order valence-corrected chi connectivity index (χ3v) is 5.33. The molecule has 7 heteroatoms. The number of anilines is 1. The molecule has 0 unspecified atom stereocenters. The lowest BCUT2D eigenvalue weighted by molar-refractivity contribution is -0.151. The number of hydrogen-bond acceptors (Lipinski definition) is 4. The Kier molecular flexibility index (Phi) is 7.04. The van der Waals surface area contributed by atoms with Gasteiger partial charge in [-0.3, -0.25) is 14.4 Å². The van der Waals surface area contributed by atoms with Gasteiger partial charge in [-0.05, 0) is 35.7 Å². The molecule has 29 heavy (non-hydrogen) atoms. The number of esters is 1. The summed E-state index contributed by atoms with van der Waals surface area (Å²) in [5.74, 6) is -1.54. The molecule has 2 aromatic rings. The maximum absolute atomic E-state index is 12.3. The summed E-state index contributed by atoms with van der Waals surface area (Å²) in [4.78, 5) is 38.4. The summed E-state index contributed by atoms with van der Waals surface area (Å²) >= 11 is 3.41. The van der Waals surface area contributed by atoms with E-state index in [4.69, 9.17) is 4.74 Å². The molecule has 1 heterocycles. The highest BCUT2D eigenvalue weighted by atomic mass is 79.9. The van der Waals surface area contributed by atoms with Crippen molar-refractivity contribution < 1.29 is 19.1 Å². The lowest BCUT2D eigenvalue weighted by Crippen LogP contribution is -2.28. The average molecular weight is 459 g/mol. The SMILES string of the molecule is CCc1cc(Br)ccc1NC(=O)COC(=O)[C@@H]1CC(=O)N(Cc2ccccc2)C1. The lowest BCUT2D eigenvalue weighted by Gasteiger charge is -2.16. The second-order valence-electron chi connectivity index (χ2n) is 6.97. The molecule has 0 bridgehead atoms. The van der Waals surface area contributed by atoms with Crippen LogP contribution in [0.25, 0.3) is 0 Å². The summed E-state index contributed by atoms with van der Waals surface area (Å²) in [6.07, 6.45) is 0.871. The van der Waals surface area contributed by atoms with Gasteiger partial charge >= 0.3 is 5.97 Å². The number of aryl methyl sites for hydroxylation is 1. The van der Waals surface area contributed by atoms with Crippen LogP contribution in [0.5, 0.6) is 0 Å². The van der Waals surface area contributed by atoms with E-state index in [1.165, 1.54) is 0 Å². The summed E-state index contributed by atoms with van der Waals surface area (Å²) in [7, 11) is 0. The van der Waals surface area contributed by atoms with Crippen LogP contribution in [-0.2, 0) is 32.1 Å². The van der Waals surface area contributed by atoms with Crippen molar-refractivity contribution in [2.75, 3.05) is 18.5 Å². The Balaban J connectivity index is 1.49. The van der Waals surface area contributed by atoms with Crippen molar-refractivity contribution in [3.05, 3.63) is 64.1 Å². The van der Waals surface area contributed by atoms with Crippen LogP contribution in [0.4, 0.5) is 5.69 Å². The number of ether oxygens (including phenoxy) is 1. The van der Waals surface area contributed by atoms with E-state index in [1.807, 2.05) is 49.4 Å². The van der Waals surface area contributed by atoms with Crippen LogP contribution < -0.4 is 5.32 Å². The molecule has 0 aromatic heterocycles. The smallest absolute Gasteiger partial charge is 0.311 e. The predicted molar refractivity (Wildman–Crippen MR) is 113 cm³/mol. The van der Waals surface area contributed by atoms with Gasteiger partial charge in [-0.15, -0.1) is 0 Å². The van der Waals surface area contributed by atoms with Crippen molar-refractivity contribution in [2.24, 2.45) is 5.92 Å². The minimum absolute atomic E-state index is 0.0808. The van der Waals surface area contributed by atoms with E-state index < -0.39 is 17.8 Å². The quantitative estimate of drug-likeness (QED) is 0.643. The zero-order chi connectivity index (χ0) is 20.8. The van der Waals surface area contributed by atoms with Gasteiger partial charge in [-0.25, -0.2) is 0 Å². The van der Waals surface area contributed by atoms with Crippen LogP contribution in [0.1, 0.15) is 24.5 Å². The van der Waals surface area contributed by atoms with Crippen LogP contribution in [0, 0.1) is 5.92 Å². The minimum Gasteiger partial charge on any atom is -0.455 e. The molecule has 3 rings (SSSR count). The topological polar surface area (TPSA) is 75.7 Å². The molecule has 1 atom stereocenters. The average Bonchev–Trinajstić information content (AvgIpc) is 3.08. The summed E-state index contributed by atoms with van der Waals surface area (Å²) in [6.45, 7) is 2.39. The van der Waals surface area contributed by atoms with E-state index >= 15 is 0 Å². The fourth-order valence-corrected chi connectivity index (χ4v) is 3.71. The molecule has 1 N–H and O–H groups in total. The van der Waals surface area contributed by atoms with Crippen molar-refractivity contribution in [1.29, 1.82) is 0 Å². The van der Waals surface area contributed by atoms with Gasteiger partial charge in [-0.2, -0.15) is 0 Å². The number of hydrogen-bond donors (Lipinski definition) is 1. The molecule has 0 spiro atoms. The molecule has 1 aliphatic rings.